The summed E-state index contributed by atoms with van der Waals surface area (Å²) in [5, 5.41) is 0.215. The van der Waals surface area contributed by atoms with Crippen LogP contribution >= 0.6 is 11.6 Å². The Morgan fingerprint density at radius 1 is 1.36 bits per heavy atom. The molecule has 78 valence electrons. The van der Waals surface area contributed by atoms with E-state index in [-0.39, 0.29) is 16.3 Å². The quantitative estimate of drug-likeness (QED) is 0.692. The normalized spacial score (nSPS) is 11.8. The van der Waals surface area contributed by atoms with Gasteiger partial charge in [-0.05, 0) is 29.5 Å². The van der Waals surface area contributed by atoms with Gasteiger partial charge in [-0.2, -0.15) is 0 Å². The Morgan fingerprint density at radius 3 is 2.50 bits per heavy atom. The van der Waals surface area contributed by atoms with Crippen LogP contribution in [0.3, 0.4) is 0 Å². The Hall–Kier alpha value is -0.560. The van der Waals surface area contributed by atoms with Crippen molar-refractivity contribution in [2.75, 3.05) is 0 Å². The van der Waals surface area contributed by atoms with Gasteiger partial charge in [-0.3, -0.25) is 0 Å². The predicted octanol–water partition coefficient (Wildman–Crippen LogP) is 4.56. The number of hydrogen-bond donors (Lipinski definition) is 0. The Bertz CT molecular complexity index is 318. The predicted molar refractivity (Wildman–Crippen MR) is 59.3 cm³/mol. The summed E-state index contributed by atoms with van der Waals surface area (Å²) in [5.74, 6) is -0.345. The Morgan fingerprint density at radius 2 is 2.00 bits per heavy atom. The molecule has 0 aliphatic heterocycles. The van der Waals surface area contributed by atoms with Crippen LogP contribution < -0.4 is 0 Å². The molecule has 14 heavy (non-hydrogen) atoms. The number of hydrogen-bond acceptors (Lipinski definition) is 0. The Balaban J connectivity index is 3.01. The van der Waals surface area contributed by atoms with E-state index >= 15 is 0 Å². The first-order valence-corrected chi connectivity index (χ1v) is 5.30. The highest BCUT2D eigenvalue weighted by Gasteiger charge is 2.20. The second-order valence-corrected chi connectivity index (χ2v) is 4.67. The Kier molecular flexibility index (Phi) is 3.54. The summed E-state index contributed by atoms with van der Waals surface area (Å²) in [6, 6.07) is 4.98. The van der Waals surface area contributed by atoms with Crippen molar-refractivity contribution in [2.24, 2.45) is 0 Å². The van der Waals surface area contributed by atoms with Gasteiger partial charge in [0.2, 0.25) is 0 Å². The van der Waals surface area contributed by atoms with Crippen LogP contribution in [-0.4, -0.2) is 0 Å². The van der Waals surface area contributed by atoms with E-state index in [1.54, 1.807) is 6.07 Å². The highest BCUT2D eigenvalue weighted by atomic mass is 35.5. The summed E-state index contributed by atoms with van der Waals surface area (Å²) in [7, 11) is 0. The fourth-order valence-corrected chi connectivity index (χ4v) is 1.87. The van der Waals surface area contributed by atoms with E-state index < -0.39 is 0 Å². The smallest absolute Gasteiger partial charge is 0.141 e. The molecule has 0 aliphatic carbocycles. The van der Waals surface area contributed by atoms with Gasteiger partial charge in [-0.25, -0.2) is 4.39 Å². The molecule has 0 heterocycles. The number of halogens is 2. The number of benzene rings is 1. The van der Waals surface area contributed by atoms with Crippen LogP contribution in [-0.2, 0) is 5.41 Å². The summed E-state index contributed by atoms with van der Waals surface area (Å²) in [6.45, 7) is 6.45. The zero-order chi connectivity index (χ0) is 10.8. The molecule has 0 atom stereocenters. The highest BCUT2D eigenvalue weighted by Crippen LogP contribution is 2.30. The van der Waals surface area contributed by atoms with E-state index in [2.05, 4.69) is 20.8 Å². The topological polar surface area (TPSA) is 0 Å². The van der Waals surface area contributed by atoms with Crippen molar-refractivity contribution in [3.05, 3.63) is 34.6 Å². The molecule has 0 spiro atoms. The number of rotatable bonds is 3. The van der Waals surface area contributed by atoms with E-state index in [9.17, 15) is 4.39 Å². The summed E-state index contributed by atoms with van der Waals surface area (Å²) < 4.78 is 12.9. The van der Waals surface area contributed by atoms with Gasteiger partial charge in [0, 0.05) is 0 Å². The maximum absolute atomic E-state index is 12.9. The van der Waals surface area contributed by atoms with Crippen LogP contribution in [0.2, 0.25) is 5.02 Å². The van der Waals surface area contributed by atoms with Crippen molar-refractivity contribution in [1.82, 2.24) is 0 Å². The van der Waals surface area contributed by atoms with Crippen LogP contribution in [0.1, 0.15) is 39.2 Å². The largest absolute Gasteiger partial charge is 0.205 e. The van der Waals surface area contributed by atoms with Gasteiger partial charge >= 0.3 is 0 Å². The third-order valence-corrected chi connectivity index (χ3v) is 2.87. The summed E-state index contributed by atoms with van der Waals surface area (Å²) in [5.41, 5.74) is 1.18. The molecule has 0 unspecified atom stereocenters. The van der Waals surface area contributed by atoms with Gasteiger partial charge in [0.1, 0.15) is 5.82 Å². The van der Waals surface area contributed by atoms with Gasteiger partial charge < -0.3 is 0 Å². The van der Waals surface area contributed by atoms with Crippen LogP contribution in [0.5, 0.6) is 0 Å². The maximum atomic E-state index is 12.9. The SMILES string of the molecule is CCCC(C)(C)c1ccc(F)c(Cl)c1. The lowest BCUT2D eigenvalue weighted by Crippen LogP contribution is -2.16. The average molecular weight is 215 g/mol. The van der Waals surface area contributed by atoms with Crippen molar-refractivity contribution in [3.63, 3.8) is 0 Å². The molecule has 0 aliphatic rings. The minimum Gasteiger partial charge on any atom is -0.205 e. The molecular weight excluding hydrogens is 199 g/mol. The van der Waals surface area contributed by atoms with Gasteiger partial charge in [0.15, 0.2) is 0 Å². The van der Waals surface area contributed by atoms with Crippen LogP contribution in [0.15, 0.2) is 18.2 Å². The van der Waals surface area contributed by atoms with Gasteiger partial charge in [-0.15, -0.1) is 0 Å². The lowest BCUT2D eigenvalue weighted by Gasteiger charge is -2.24. The third-order valence-electron chi connectivity index (χ3n) is 2.58. The average Bonchev–Trinajstić information content (AvgIpc) is 2.09. The minimum absolute atomic E-state index is 0.0755. The monoisotopic (exact) mass is 214 g/mol. The van der Waals surface area contributed by atoms with Crippen LogP contribution in [0.25, 0.3) is 0 Å². The molecule has 0 N–H and O–H groups in total. The van der Waals surface area contributed by atoms with Crippen molar-refractivity contribution < 1.29 is 4.39 Å². The van der Waals surface area contributed by atoms with E-state index in [4.69, 9.17) is 11.6 Å². The first-order chi connectivity index (χ1) is 6.47. The van der Waals surface area contributed by atoms with Crippen molar-refractivity contribution in [3.8, 4) is 0 Å². The van der Waals surface area contributed by atoms with Gasteiger partial charge in [0.05, 0.1) is 5.02 Å². The molecule has 0 bridgehead atoms. The maximum Gasteiger partial charge on any atom is 0.141 e. The molecule has 0 fully saturated rings. The minimum atomic E-state index is -0.345. The van der Waals surface area contributed by atoms with Gasteiger partial charge in [-0.1, -0.05) is 44.9 Å². The van der Waals surface area contributed by atoms with Crippen molar-refractivity contribution in [2.45, 2.75) is 39.0 Å². The lowest BCUT2D eigenvalue weighted by molar-refractivity contribution is 0.472. The molecule has 0 saturated carbocycles. The molecule has 1 rings (SSSR count). The highest BCUT2D eigenvalue weighted by molar-refractivity contribution is 6.30. The molecule has 0 amide bonds. The second kappa shape index (κ2) is 4.31. The fourth-order valence-electron chi connectivity index (χ4n) is 1.69. The molecular formula is C12H16ClF. The zero-order valence-electron chi connectivity index (χ0n) is 8.90. The summed E-state index contributed by atoms with van der Waals surface area (Å²) in [6.07, 6.45) is 2.19. The molecule has 0 saturated heterocycles. The van der Waals surface area contributed by atoms with Gasteiger partial charge in [0.25, 0.3) is 0 Å². The zero-order valence-corrected chi connectivity index (χ0v) is 9.66. The first-order valence-electron chi connectivity index (χ1n) is 4.93. The third kappa shape index (κ3) is 2.48. The molecule has 0 aromatic heterocycles. The van der Waals surface area contributed by atoms with Crippen LogP contribution in [0, 0.1) is 5.82 Å². The van der Waals surface area contributed by atoms with Crippen molar-refractivity contribution >= 4 is 11.6 Å². The summed E-state index contributed by atoms with van der Waals surface area (Å²) >= 11 is 5.75. The molecule has 2 heteroatoms. The first kappa shape index (κ1) is 11.5. The summed E-state index contributed by atoms with van der Waals surface area (Å²) in [4.78, 5) is 0. The molecule has 0 radical (unpaired) electrons. The van der Waals surface area contributed by atoms with E-state index in [0.29, 0.717) is 0 Å². The standard InChI is InChI=1S/C12H16ClF/c1-4-7-12(2,3)9-5-6-11(14)10(13)8-9/h5-6,8H,4,7H2,1-3H3. The Labute approximate surface area is 90.1 Å². The second-order valence-electron chi connectivity index (χ2n) is 4.26. The molecule has 1 aromatic rings. The fraction of sp³-hybridized carbons (Fsp3) is 0.500. The van der Waals surface area contributed by atoms with E-state index in [0.717, 1.165) is 18.4 Å². The van der Waals surface area contributed by atoms with E-state index in [1.165, 1.54) is 6.07 Å². The molecule has 0 nitrogen and oxygen atoms in total. The molecule has 1 aromatic carbocycles. The van der Waals surface area contributed by atoms with E-state index in [1.807, 2.05) is 6.07 Å². The van der Waals surface area contributed by atoms with Crippen molar-refractivity contribution in [1.29, 1.82) is 0 Å². The van der Waals surface area contributed by atoms with Crippen LogP contribution in [0.4, 0.5) is 4.39 Å². The lowest BCUT2D eigenvalue weighted by atomic mass is 9.81.